The van der Waals surface area contributed by atoms with E-state index in [1.54, 1.807) is 33.4 Å². The topological polar surface area (TPSA) is 50.7 Å². The second-order valence-electron chi connectivity index (χ2n) is 3.19. The summed E-state index contributed by atoms with van der Waals surface area (Å²) in [4.78, 5) is 0. The molecule has 0 fully saturated rings. The molecule has 0 bridgehead atoms. The van der Waals surface area contributed by atoms with Crippen molar-refractivity contribution >= 4 is 0 Å². The van der Waals surface area contributed by atoms with Crippen LogP contribution in [0.5, 0.6) is 11.5 Å². The molecule has 0 radical (unpaired) electrons. The molecule has 1 atom stereocenters. The van der Waals surface area contributed by atoms with E-state index >= 15 is 0 Å². The minimum absolute atomic E-state index is 0. The van der Waals surface area contributed by atoms with Crippen LogP contribution in [-0.2, 0) is 0 Å². The van der Waals surface area contributed by atoms with Crippen molar-refractivity contribution in [3.8, 4) is 11.5 Å². The number of hydrogen-bond acceptors (Lipinski definition) is 4. The summed E-state index contributed by atoms with van der Waals surface area (Å²) in [6, 6.07) is 5.39. The van der Waals surface area contributed by atoms with Crippen molar-refractivity contribution in [1.29, 1.82) is 0 Å². The molecule has 1 rings (SSSR count). The highest BCUT2D eigenvalue weighted by Crippen LogP contribution is 2.29. The Morgan fingerprint density at radius 1 is 1.25 bits per heavy atom. The van der Waals surface area contributed by atoms with E-state index in [4.69, 9.17) is 9.47 Å². The van der Waals surface area contributed by atoms with Gasteiger partial charge < -0.3 is 19.9 Å². The van der Waals surface area contributed by atoms with E-state index in [0.717, 1.165) is 5.56 Å². The second-order valence-corrected chi connectivity index (χ2v) is 3.19. The van der Waals surface area contributed by atoms with Crippen LogP contribution in [0.2, 0.25) is 0 Å². The molecule has 4 nitrogen and oxygen atoms in total. The minimum atomic E-state index is -0.533. The van der Waals surface area contributed by atoms with Gasteiger partial charge in [-0.3, -0.25) is 0 Å². The van der Waals surface area contributed by atoms with Crippen molar-refractivity contribution in [2.75, 3.05) is 27.8 Å². The van der Waals surface area contributed by atoms with Crippen molar-refractivity contribution in [2.45, 2.75) is 13.5 Å². The standard InChI is InChI=1S/C11H17NO3.CH4/c1-12-7-9(13)8-4-5-10(14-2)11(6-8)15-3;/h4-6,9,12-13H,7H2,1-3H3;1H4. The maximum atomic E-state index is 9.75. The molecule has 0 aliphatic rings. The second kappa shape index (κ2) is 7.09. The van der Waals surface area contributed by atoms with Gasteiger partial charge in [-0.1, -0.05) is 13.5 Å². The average Bonchev–Trinajstić information content (AvgIpc) is 2.28. The van der Waals surface area contributed by atoms with Gasteiger partial charge in [0.15, 0.2) is 11.5 Å². The van der Waals surface area contributed by atoms with Crippen LogP contribution >= 0.6 is 0 Å². The summed E-state index contributed by atoms with van der Waals surface area (Å²) in [5, 5.41) is 12.7. The summed E-state index contributed by atoms with van der Waals surface area (Å²) in [6.45, 7) is 0.509. The lowest BCUT2D eigenvalue weighted by molar-refractivity contribution is 0.177. The van der Waals surface area contributed by atoms with E-state index in [9.17, 15) is 5.11 Å². The van der Waals surface area contributed by atoms with Crippen LogP contribution in [0.4, 0.5) is 0 Å². The molecule has 16 heavy (non-hydrogen) atoms. The molecule has 0 aromatic heterocycles. The van der Waals surface area contributed by atoms with E-state index < -0.39 is 6.10 Å². The molecule has 1 aromatic carbocycles. The maximum Gasteiger partial charge on any atom is 0.161 e. The van der Waals surface area contributed by atoms with E-state index in [-0.39, 0.29) is 7.43 Å². The van der Waals surface area contributed by atoms with E-state index in [2.05, 4.69) is 5.32 Å². The molecule has 0 heterocycles. The third-order valence-electron chi connectivity index (χ3n) is 2.19. The average molecular weight is 227 g/mol. The van der Waals surface area contributed by atoms with Crippen LogP contribution in [0.15, 0.2) is 18.2 Å². The highest BCUT2D eigenvalue weighted by Gasteiger charge is 2.10. The van der Waals surface area contributed by atoms with Crippen molar-refractivity contribution < 1.29 is 14.6 Å². The van der Waals surface area contributed by atoms with Crippen molar-refractivity contribution in [3.63, 3.8) is 0 Å². The van der Waals surface area contributed by atoms with Crippen molar-refractivity contribution in [1.82, 2.24) is 5.32 Å². The summed E-state index contributed by atoms with van der Waals surface area (Å²) in [5.74, 6) is 1.29. The Balaban J connectivity index is 0.00000225. The predicted molar refractivity (Wildman–Crippen MR) is 65.2 cm³/mol. The normalized spacial score (nSPS) is 11.5. The maximum absolute atomic E-state index is 9.75. The molecule has 0 aliphatic carbocycles. The Morgan fingerprint density at radius 3 is 2.38 bits per heavy atom. The first-order valence-electron chi connectivity index (χ1n) is 4.77. The fraction of sp³-hybridized carbons (Fsp3) is 0.500. The Morgan fingerprint density at radius 2 is 1.88 bits per heavy atom. The molecule has 0 aliphatic heterocycles. The molecule has 1 aromatic rings. The number of nitrogens with one attached hydrogen (secondary N) is 1. The van der Waals surface area contributed by atoms with Gasteiger partial charge in [0.05, 0.1) is 20.3 Å². The fourth-order valence-electron chi connectivity index (χ4n) is 1.37. The first-order valence-corrected chi connectivity index (χ1v) is 4.77. The monoisotopic (exact) mass is 227 g/mol. The van der Waals surface area contributed by atoms with Gasteiger partial charge in [0, 0.05) is 6.54 Å². The van der Waals surface area contributed by atoms with Gasteiger partial charge in [-0.2, -0.15) is 0 Å². The SMILES string of the molecule is C.CNCC(O)c1ccc(OC)c(OC)c1. The smallest absolute Gasteiger partial charge is 0.161 e. The van der Waals surface area contributed by atoms with Crippen LogP contribution in [0.1, 0.15) is 19.1 Å². The first kappa shape index (κ1) is 14.7. The van der Waals surface area contributed by atoms with Gasteiger partial charge >= 0.3 is 0 Å². The lowest BCUT2D eigenvalue weighted by atomic mass is 10.1. The van der Waals surface area contributed by atoms with E-state index in [1.165, 1.54) is 0 Å². The van der Waals surface area contributed by atoms with E-state index in [1.807, 2.05) is 6.07 Å². The Hall–Kier alpha value is -1.26. The number of benzene rings is 1. The molecular formula is C12H21NO3. The van der Waals surface area contributed by atoms with Gasteiger partial charge in [0.25, 0.3) is 0 Å². The zero-order valence-electron chi connectivity index (χ0n) is 9.28. The summed E-state index contributed by atoms with van der Waals surface area (Å²) in [5.41, 5.74) is 0.807. The predicted octanol–water partition coefficient (Wildman–Crippen LogP) is 1.59. The minimum Gasteiger partial charge on any atom is -0.493 e. The number of ether oxygens (including phenoxy) is 2. The molecular weight excluding hydrogens is 206 g/mol. The zero-order chi connectivity index (χ0) is 11.3. The number of rotatable bonds is 5. The molecule has 2 N–H and O–H groups in total. The van der Waals surface area contributed by atoms with Gasteiger partial charge in [-0.05, 0) is 24.7 Å². The molecule has 0 saturated heterocycles. The Labute approximate surface area is 97.2 Å². The van der Waals surface area contributed by atoms with Crippen molar-refractivity contribution in [3.05, 3.63) is 23.8 Å². The number of aliphatic hydroxyl groups excluding tert-OH is 1. The summed E-state index contributed by atoms with van der Waals surface area (Å²) >= 11 is 0. The number of aliphatic hydroxyl groups is 1. The largest absolute Gasteiger partial charge is 0.493 e. The number of likely N-dealkylation sites (N-methyl/N-ethyl adjacent to an activating group) is 1. The number of hydrogen-bond donors (Lipinski definition) is 2. The molecule has 0 saturated carbocycles. The van der Waals surface area contributed by atoms with Crippen LogP contribution in [-0.4, -0.2) is 32.9 Å². The highest BCUT2D eigenvalue weighted by molar-refractivity contribution is 5.43. The van der Waals surface area contributed by atoms with Crippen LogP contribution in [0.25, 0.3) is 0 Å². The number of methoxy groups -OCH3 is 2. The van der Waals surface area contributed by atoms with Gasteiger partial charge in [-0.25, -0.2) is 0 Å². The molecule has 1 unspecified atom stereocenters. The Kier molecular flexibility index (Phi) is 6.53. The molecule has 0 spiro atoms. The van der Waals surface area contributed by atoms with Gasteiger partial charge in [-0.15, -0.1) is 0 Å². The van der Waals surface area contributed by atoms with E-state index in [0.29, 0.717) is 18.0 Å². The quantitative estimate of drug-likeness (QED) is 0.802. The van der Waals surface area contributed by atoms with Crippen LogP contribution < -0.4 is 14.8 Å². The summed E-state index contributed by atoms with van der Waals surface area (Å²) in [6.07, 6.45) is -0.533. The van der Waals surface area contributed by atoms with Gasteiger partial charge in [0.2, 0.25) is 0 Å². The van der Waals surface area contributed by atoms with Crippen molar-refractivity contribution in [2.24, 2.45) is 0 Å². The third-order valence-corrected chi connectivity index (χ3v) is 2.19. The Bertz CT molecular complexity index is 315. The van der Waals surface area contributed by atoms with Crippen LogP contribution in [0.3, 0.4) is 0 Å². The lowest BCUT2D eigenvalue weighted by Crippen LogP contribution is -2.16. The lowest BCUT2D eigenvalue weighted by Gasteiger charge is -2.13. The molecule has 92 valence electrons. The molecule has 0 amide bonds. The fourth-order valence-corrected chi connectivity index (χ4v) is 1.37. The third kappa shape index (κ3) is 3.40. The van der Waals surface area contributed by atoms with Crippen LogP contribution in [0, 0.1) is 0 Å². The van der Waals surface area contributed by atoms with Gasteiger partial charge in [0.1, 0.15) is 0 Å². The zero-order valence-corrected chi connectivity index (χ0v) is 9.28. The molecule has 4 heteroatoms. The highest BCUT2D eigenvalue weighted by atomic mass is 16.5. The summed E-state index contributed by atoms with van der Waals surface area (Å²) in [7, 11) is 4.96. The first-order chi connectivity index (χ1) is 7.22. The summed E-state index contributed by atoms with van der Waals surface area (Å²) < 4.78 is 10.3.